The van der Waals surface area contributed by atoms with Crippen LogP contribution in [0.2, 0.25) is 0 Å². The first-order valence-electron chi connectivity index (χ1n) is 8.59. The number of aryl methyl sites for hydroxylation is 1. The molecule has 0 spiro atoms. The van der Waals surface area contributed by atoms with Crippen LogP contribution in [0.25, 0.3) is 0 Å². The molecule has 8 nitrogen and oxygen atoms in total. The zero-order chi connectivity index (χ0) is 20.5. The van der Waals surface area contributed by atoms with Crippen LogP contribution in [0.4, 0.5) is 0 Å². The zero-order valence-electron chi connectivity index (χ0n) is 15.2. The fourth-order valence-corrected chi connectivity index (χ4v) is 6.91. The summed E-state index contributed by atoms with van der Waals surface area (Å²) in [4.78, 5) is 43.3. The van der Waals surface area contributed by atoms with Crippen molar-refractivity contribution in [2.75, 3.05) is 11.5 Å². The molecule has 2 N–H and O–H groups in total. The molecule has 2 aromatic rings. The number of hydrogen-bond acceptors (Lipinski definition) is 9. The van der Waals surface area contributed by atoms with Crippen molar-refractivity contribution >= 4 is 64.2 Å². The molecule has 0 radical (unpaired) electrons. The van der Waals surface area contributed by atoms with Gasteiger partial charge in [-0.05, 0) is 35.5 Å². The summed E-state index contributed by atoms with van der Waals surface area (Å²) < 4.78 is 4.88. The lowest BCUT2D eigenvalue weighted by Crippen LogP contribution is -2.70. The second-order valence-electron chi connectivity index (χ2n) is 6.36. The molecule has 12 heteroatoms. The number of carbonyl (C=O) groups excluding carboxylic acids is 2. The summed E-state index contributed by atoms with van der Waals surface area (Å²) in [5, 5.41) is 14.0. The topological polar surface area (TPSA) is 112 Å². The monoisotopic (exact) mass is 468 g/mol. The fraction of sp³-hybridized carbons (Fsp3) is 0.353. The molecule has 1 unspecified atom stereocenters. The highest BCUT2D eigenvalue weighted by molar-refractivity contribution is 8.01. The van der Waals surface area contributed by atoms with E-state index in [9.17, 15) is 19.5 Å². The fourth-order valence-electron chi connectivity index (χ4n) is 3.08. The Morgan fingerprint density at radius 1 is 1.45 bits per heavy atom. The van der Waals surface area contributed by atoms with Gasteiger partial charge >= 0.3 is 5.97 Å². The third kappa shape index (κ3) is 4.20. The Hall–Kier alpha value is -1.89. The van der Waals surface area contributed by atoms with Gasteiger partial charge in [0.05, 0.1) is 6.42 Å². The van der Waals surface area contributed by atoms with Gasteiger partial charge in [0.1, 0.15) is 22.9 Å². The van der Waals surface area contributed by atoms with E-state index in [1.807, 2.05) is 17.5 Å². The average molecular weight is 469 g/mol. The summed E-state index contributed by atoms with van der Waals surface area (Å²) >= 11 is 5.63. The number of hydrogen-bond donors (Lipinski definition) is 2. The number of β-lactam (4-membered cyclic amide) rings is 1. The lowest BCUT2D eigenvalue weighted by molar-refractivity contribution is -0.150. The van der Waals surface area contributed by atoms with E-state index in [1.54, 1.807) is 6.92 Å². The number of nitrogens with zero attached hydrogens (tertiary/aromatic N) is 3. The minimum absolute atomic E-state index is 0.0243. The molecule has 0 saturated carbocycles. The van der Waals surface area contributed by atoms with E-state index in [4.69, 9.17) is 0 Å². The van der Waals surface area contributed by atoms with Crippen LogP contribution in [0.3, 0.4) is 0 Å². The van der Waals surface area contributed by atoms with Crippen molar-refractivity contribution in [3.05, 3.63) is 39.5 Å². The van der Waals surface area contributed by atoms with Crippen molar-refractivity contribution in [3.8, 4) is 0 Å². The zero-order valence-corrected chi connectivity index (χ0v) is 18.4. The highest BCUT2D eigenvalue weighted by Gasteiger charge is 2.54. The number of amides is 2. The molecule has 29 heavy (non-hydrogen) atoms. The first-order valence-corrected chi connectivity index (χ1v) is 12.3. The first kappa shape index (κ1) is 20.4. The molecule has 2 amide bonds. The Kier molecular flexibility index (Phi) is 5.95. The van der Waals surface area contributed by atoms with Crippen LogP contribution in [-0.4, -0.2) is 60.1 Å². The maximum Gasteiger partial charge on any atom is 0.352 e. The van der Waals surface area contributed by atoms with Gasteiger partial charge in [0.25, 0.3) is 5.91 Å². The van der Waals surface area contributed by atoms with Crippen LogP contribution in [0, 0.1) is 6.92 Å². The minimum Gasteiger partial charge on any atom is -0.477 e. The van der Waals surface area contributed by atoms with Gasteiger partial charge in [0, 0.05) is 16.4 Å². The number of thioether (sulfide) groups is 2. The molecule has 2 atom stereocenters. The number of aliphatic carboxylic acids is 1. The summed E-state index contributed by atoms with van der Waals surface area (Å²) in [6.07, 6.45) is 0.212. The smallest absolute Gasteiger partial charge is 0.352 e. The molecule has 4 heterocycles. The molecule has 1 fully saturated rings. The van der Waals surface area contributed by atoms with Crippen LogP contribution in [0.1, 0.15) is 10.7 Å². The summed E-state index contributed by atoms with van der Waals surface area (Å²) in [5.74, 6) is -0.153. The van der Waals surface area contributed by atoms with E-state index in [0.29, 0.717) is 22.9 Å². The van der Waals surface area contributed by atoms with Crippen LogP contribution in [-0.2, 0) is 20.8 Å². The van der Waals surface area contributed by atoms with Crippen LogP contribution in [0.15, 0.2) is 33.1 Å². The van der Waals surface area contributed by atoms with Gasteiger partial charge in [-0.15, -0.1) is 23.1 Å². The Bertz CT molecular complexity index is 987. The average Bonchev–Trinajstić information content (AvgIpc) is 3.35. The predicted octanol–water partition coefficient (Wildman–Crippen LogP) is 1.98. The van der Waals surface area contributed by atoms with Gasteiger partial charge in [-0.3, -0.25) is 14.5 Å². The number of nitrogens with one attached hydrogen (secondary N) is 1. The molecule has 0 aliphatic carbocycles. The molecule has 152 valence electrons. The van der Waals surface area contributed by atoms with Crippen molar-refractivity contribution in [2.24, 2.45) is 0 Å². The molecule has 0 aromatic carbocycles. The number of carboxylic acids is 1. The molecule has 0 bridgehead atoms. The van der Waals surface area contributed by atoms with Gasteiger partial charge in [-0.25, -0.2) is 9.78 Å². The summed E-state index contributed by atoms with van der Waals surface area (Å²) in [6.45, 7) is 1.80. The van der Waals surface area contributed by atoms with Crippen molar-refractivity contribution < 1.29 is 19.5 Å². The quantitative estimate of drug-likeness (QED) is 0.469. The number of carboxylic acid groups (broad SMARTS) is 1. The lowest BCUT2D eigenvalue weighted by Gasteiger charge is -2.49. The predicted molar refractivity (Wildman–Crippen MR) is 113 cm³/mol. The number of carbonyl (C=O) groups is 3. The van der Waals surface area contributed by atoms with Crippen LogP contribution in [0.5, 0.6) is 0 Å². The maximum atomic E-state index is 12.6. The van der Waals surface area contributed by atoms with E-state index in [0.717, 1.165) is 9.22 Å². The SMILES string of the molecule is Cc1nsc(SCC2=C(C(=O)O)N3C(=O)C(NC(=O)Cc4cccs4)[C@H]3SC2)n1. The van der Waals surface area contributed by atoms with Gasteiger partial charge in [0.2, 0.25) is 5.91 Å². The second-order valence-corrected chi connectivity index (χ2v) is 10.5. The largest absolute Gasteiger partial charge is 0.477 e. The normalized spacial score (nSPS) is 21.0. The van der Waals surface area contributed by atoms with Crippen LogP contribution >= 0.6 is 46.4 Å². The maximum absolute atomic E-state index is 12.6. The van der Waals surface area contributed by atoms with Gasteiger partial charge in [-0.2, -0.15) is 4.37 Å². The lowest BCUT2D eigenvalue weighted by atomic mass is 10.0. The summed E-state index contributed by atoms with van der Waals surface area (Å²) in [7, 11) is 0. The Balaban J connectivity index is 1.44. The first-order chi connectivity index (χ1) is 13.9. The van der Waals surface area contributed by atoms with Crippen LogP contribution < -0.4 is 5.32 Å². The van der Waals surface area contributed by atoms with E-state index < -0.39 is 17.4 Å². The highest BCUT2D eigenvalue weighted by atomic mass is 32.2. The Labute approximate surface area is 182 Å². The number of fused-ring (bicyclic) bond motifs is 1. The molecule has 4 rings (SSSR count). The van der Waals surface area contributed by atoms with Crippen molar-refractivity contribution in [2.45, 2.75) is 29.1 Å². The van der Waals surface area contributed by atoms with E-state index in [2.05, 4.69) is 14.7 Å². The van der Waals surface area contributed by atoms with Gasteiger partial charge in [-0.1, -0.05) is 17.8 Å². The van der Waals surface area contributed by atoms with Crippen molar-refractivity contribution in [1.82, 2.24) is 19.6 Å². The standard InChI is InChI=1S/C17H16N4O4S4/c1-8-18-17(29-20-8)28-7-9-6-27-15-12(14(23)21(15)13(9)16(24)25)19-11(22)5-10-3-2-4-26-10/h2-4,12,15H,5-7H2,1H3,(H,19,22)(H,24,25)/t12?,15-/m1/s1. The van der Waals surface area contributed by atoms with Crippen molar-refractivity contribution in [3.63, 3.8) is 0 Å². The molecule has 1 saturated heterocycles. The summed E-state index contributed by atoms with van der Waals surface area (Å²) in [6, 6.07) is 3.04. The molecular weight excluding hydrogens is 452 g/mol. The van der Waals surface area contributed by atoms with Crippen molar-refractivity contribution in [1.29, 1.82) is 0 Å². The molecule has 2 aliphatic heterocycles. The second kappa shape index (κ2) is 8.46. The number of thiophene rings is 1. The Morgan fingerprint density at radius 2 is 2.28 bits per heavy atom. The number of rotatable bonds is 7. The molecule has 2 aliphatic rings. The highest BCUT2D eigenvalue weighted by Crippen LogP contribution is 2.41. The van der Waals surface area contributed by atoms with Gasteiger partial charge in [0.15, 0.2) is 4.34 Å². The van der Waals surface area contributed by atoms with E-state index in [1.165, 1.54) is 51.3 Å². The molecule has 2 aromatic heterocycles. The minimum atomic E-state index is -1.13. The summed E-state index contributed by atoms with van der Waals surface area (Å²) in [5.41, 5.74) is 0.699. The Morgan fingerprint density at radius 3 is 2.93 bits per heavy atom. The number of aromatic nitrogens is 2. The third-order valence-corrected chi connectivity index (χ3v) is 8.59. The van der Waals surface area contributed by atoms with E-state index >= 15 is 0 Å². The third-order valence-electron chi connectivity index (χ3n) is 4.36. The molecular formula is C17H16N4O4S4. The van der Waals surface area contributed by atoms with Gasteiger partial charge < -0.3 is 10.4 Å². The van der Waals surface area contributed by atoms with E-state index in [-0.39, 0.29) is 23.9 Å².